The highest BCUT2D eigenvalue weighted by atomic mass is 16.2. The van der Waals surface area contributed by atoms with Crippen molar-refractivity contribution in [1.82, 2.24) is 23.6 Å². The maximum atomic E-state index is 16.3. The van der Waals surface area contributed by atoms with Crippen LogP contribution in [-0.4, -0.2) is 90.1 Å². The number of carbonyl (C=O) groups excluding carboxylic acids is 2. The third-order valence-electron chi connectivity index (χ3n) is 15.5. The van der Waals surface area contributed by atoms with Gasteiger partial charge >= 0.3 is 5.91 Å². The van der Waals surface area contributed by atoms with Crippen LogP contribution in [0.2, 0.25) is 0 Å². The molecule has 0 radical (unpaired) electrons. The molecule has 372 valence electrons. The lowest BCUT2D eigenvalue weighted by Crippen LogP contribution is -2.71. The van der Waals surface area contributed by atoms with Crippen LogP contribution < -0.4 is 19.4 Å². The number of hydrogen-bond donors (Lipinski definition) is 0. The Hall–Kier alpha value is -8.05. The Morgan fingerprint density at radius 1 is 0.581 bits per heavy atom. The average molecular weight is 978 g/mol. The van der Waals surface area contributed by atoms with Gasteiger partial charge in [-0.3, -0.25) is 14.5 Å². The van der Waals surface area contributed by atoms with E-state index in [1.165, 1.54) is 22.4 Å². The Morgan fingerprint density at radius 3 is 1.86 bits per heavy atom. The van der Waals surface area contributed by atoms with Gasteiger partial charge in [0.2, 0.25) is 0 Å². The van der Waals surface area contributed by atoms with E-state index in [0.717, 1.165) is 93.5 Å². The molecule has 2 aliphatic rings. The first-order valence-electron chi connectivity index (χ1n) is 26.0. The number of aryl methyl sites for hydroxylation is 4. The van der Waals surface area contributed by atoms with Gasteiger partial charge in [-0.05, 0) is 129 Å². The zero-order valence-electron chi connectivity index (χ0n) is 43.5. The average Bonchev–Trinajstić information content (AvgIpc) is 3.92. The quantitative estimate of drug-likeness (QED) is 0.0690. The molecule has 10 heteroatoms. The van der Waals surface area contributed by atoms with Crippen molar-refractivity contribution in [2.75, 3.05) is 74.2 Å². The molecule has 0 atom stereocenters. The van der Waals surface area contributed by atoms with Gasteiger partial charge in [0.05, 0.1) is 24.5 Å². The molecular formula is C64H65N8O2+. The molecule has 0 spiro atoms. The highest BCUT2D eigenvalue weighted by Crippen LogP contribution is 2.42. The number of carbonyl (C=O) groups is 2. The molecule has 2 aliphatic heterocycles. The van der Waals surface area contributed by atoms with Crippen LogP contribution in [0.4, 0.5) is 22.9 Å². The predicted octanol–water partition coefficient (Wildman–Crippen LogP) is 12.1. The number of hydrogen-bond acceptors (Lipinski definition) is 6. The second-order valence-corrected chi connectivity index (χ2v) is 20.4. The van der Waals surface area contributed by atoms with Crippen molar-refractivity contribution in [3.8, 4) is 33.5 Å². The predicted molar refractivity (Wildman–Crippen MR) is 304 cm³/mol. The molecule has 0 saturated carbocycles. The molecule has 0 bridgehead atoms. The summed E-state index contributed by atoms with van der Waals surface area (Å²) in [6, 6.07) is 61.0. The summed E-state index contributed by atoms with van der Waals surface area (Å²) in [4.78, 5) is 44.2. The van der Waals surface area contributed by atoms with Gasteiger partial charge in [0.15, 0.2) is 5.69 Å². The monoisotopic (exact) mass is 978 g/mol. The SMILES string of the molecule is Cc1cc(C)nc(N2CCN(c3ccc(N(C(=O)C(=O)c4c(-c5ccccc5)cc(C)n4Cc4ccccc4)[N+]4(c5cccc6cc(-c7c(-c8ccccc8)cc(C)n7C)ccc56)CCN(C)CC4)cc3)CC2)c1. The van der Waals surface area contributed by atoms with E-state index in [9.17, 15) is 0 Å². The summed E-state index contributed by atoms with van der Waals surface area (Å²) in [5, 5.41) is 3.96. The number of aromatic nitrogens is 3. The summed E-state index contributed by atoms with van der Waals surface area (Å²) < 4.78 is 4.46. The summed E-state index contributed by atoms with van der Waals surface area (Å²) in [6.45, 7) is 14.7. The number of quaternary nitrogens is 1. The Labute approximate surface area is 435 Å². The third-order valence-corrected chi connectivity index (χ3v) is 15.5. The molecule has 3 aromatic heterocycles. The van der Waals surface area contributed by atoms with Crippen LogP contribution in [0.1, 0.15) is 38.7 Å². The van der Waals surface area contributed by atoms with Crippen LogP contribution in [0, 0.1) is 27.7 Å². The highest BCUT2D eigenvalue weighted by Gasteiger charge is 2.48. The molecular weight excluding hydrogens is 913 g/mol. The molecule has 1 amide bonds. The topological polar surface area (TPSA) is 69.9 Å². The zero-order chi connectivity index (χ0) is 51.1. The van der Waals surface area contributed by atoms with Gasteiger partial charge in [-0.25, -0.2) is 4.98 Å². The van der Waals surface area contributed by atoms with E-state index in [4.69, 9.17) is 4.98 Å². The van der Waals surface area contributed by atoms with E-state index in [1.54, 1.807) is 0 Å². The number of ketones is 1. The Balaban J connectivity index is 1.04. The van der Waals surface area contributed by atoms with Crippen molar-refractivity contribution in [2.24, 2.45) is 7.05 Å². The number of anilines is 3. The molecule has 5 heterocycles. The minimum absolute atomic E-state index is 0.143. The fraction of sp³-hybridized carbons (Fsp3) is 0.234. The van der Waals surface area contributed by atoms with Gasteiger partial charge in [-0.1, -0.05) is 109 Å². The second-order valence-electron chi connectivity index (χ2n) is 20.4. The summed E-state index contributed by atoms with van der Waals surface area (Å²) in [7, 11) is 4.28. The lowest BCUT2D eigenvalue weighted by Gasteiger charge is -2.48. The zero-order valence-corrected chi connectivity index (χ0v) is 43.5. The minimum atomic E-state index is -0.568. The van der Waals surface area contributed by atoms with Gasteiger partial charge < -0.3 is 18.9 Å². The highest BCUT2D eigenvalue weighted by molar-refractivity contribution is 6.48. The van der Waals surface area contributed by atoms with Gasteiger partial charge in [0.1, 0.15) is 24.6 Å². The summed E-state index contributed by atoms with van der Waals surface area (Å²) >= 11 is 0. The van der Waals surface area contributed by atoms with E-state index in [1.807, 2.05) is 65.0 Å². The number of likely N-dealkylation sites (N-methyl/N-ethyl adjacent to an activating group) is 1. The molecule has 0 aliphatic carbocycles. The fourth-order valence-electron chi connectivity index (χ4n) is 11.6. The van der Waals surface area contributed by atoms with E-state index in [-0.39, 0.29) is 4.59 Å². The number of rotatable bonds is 12. The van der Waals surface area contributed by atoms with Crippen LogP contribution in [0.15, 0.2) is 176 Å². The van der Waals surface area contributed by atoms with E-state index < -0.39 is 11.7 Å². The molecule has 9 aromatic rings. The molecule has 2 saturated heterocycles. The molecule has 6 aromatic carbocycles. The number of nitrogens with zero attached hydrogens (tertiary/aromatic N) is 8. The largest absolute Gasteiger partial charge is 0.368 e. The van der Waals surface area contributed by atoms with Crippen LogP contribution in [-0.2, 0) is 18.4 Å². The van der Waals surface area contributed by atoms with Crippen molar-refractivity contribution < 1.29 is 9.59 Å². The first kappa shape index (κ1) is 48.2. The number of fused-ring (bicyclic) bond motifs is 1. The van der Waals surface area contributed by atoms with Gasteiger partial charge in [-0.15, -0.1) is 5.01 Å². The van der Waals surface area contributed by atoms with Crippen molar-refractivity contribution >= 4 is 45.3 Å². The molecule has 10 nitrogen and oxygen atoms in total. The van der Waals surface area contributed by atoms with Crippen molar-refractivity contribution in [2.45, 2.75) is 34.2 Å². The third kappa shape index (κ3) is 9.09. The van der Waals surface area contributed by atoms with E-state index in [0.29, 0.717) is 44.1 Å². The Morgan fingerprint density at radius 2 is 1.20 bits per heavy atom. The number of amides is 1. The maximum absolute atomic E-state index is 16.3. The Kier molecular flexibility index (Phi) is 13.1. The molecule has 0 unspecified atom stereocenters. The van der Waals surface area contributed by atoms with Crippen LogP contribution in [0.3, 0.4) is 0 Å². The van der Waals surface area contributed by atoms with E-state index in [2.05, 4.69) is 182 Å². The van der Waals surface area contributed by atoms with Crippen molar-refractivity contribution in [3.05, 3.63) is 210 Å². The number of benzene rings is 6. The molecule has 11 rings (SSSR count). The van der Waals surface area contributed by atoms with Gasteiger partial charge in [-0.2, -0.15) is 4.59 Å². The summed E-state index contributed by atoms with van der Waals surface area (Å²) in [6.07, 6.45) is 0. The smallest absolute Gasteiger partial charge is 0.347 e. The van der Waals surface area contributed by atoms with Crippen LogP contribution in [0.25, 0.3) is 44.3 Å². The van der Waals surface area contributed by atoms with Gasteiger partial charge in [0, 0.05) is 85.1 Å². The molecule has 0 N–H and O–H groups in total. The lowest BCUT2D eigenvalue weighted by molar-refractivity contribution is -0.117. The first-order chi connectivity index (χ1) is 36.0. The first-order valence-corrected chi connectivity index (χ1v) is 26.0. The van der Waals surface area contributed by atoms with Crippen LogP contribution >= 0.6 is 0 Å². The molecule has 74 heavy (non-hydrogen) atoms. The minimum Gasteiger partial charge on any atom is -0.368 e. The van der Waals surface area contributed by atoms with Crippen molar-refractivity contribution in [1.29, 1.82) is 0 Å². The Bertz CT molecular complexity index is 3470. The summed E-state index contributed by atoms with van der Waals surface area (Å²) in [5.41, 5.74) is 14.8. The lowest BCUT2D eigenvalue weighted by atomic mass is 9.98. The van der Waals surface area contributed by atoms with E-state index >= 15 is 9.59 Å². The maximum Gasteiger partial charge on any atom is 0.347 e. The number of pyridine rings is 1. The number of piperazine rings is 2. The van der Waals surface area contributed by atoms with Gasteiger partial charge in [0.25, 0.3) is 5.78 Å². The normalized spacial score (nSPS) is 14.9. The fourth-order valence-corrected chi connectivity index (χ4v) is 11.6. The number of Topliss-reactive ketones (excluding diaryl/α,β-unsaturated/α-hetero) is 1. The molecule has 2 fully saturated rings. The summed E-state index contributed by atoms with van der Waals surface area (Å²) in [5.74, 6) is -0.0869. The second kappa shape index (κ2) is 20.1. The standard InChI is InChI=1S/C64H65N8O2/c1-45-39-46(2)65-60(40-45)69-33-31-68(32-34-69)54-26-28-55(29-27-54)71(64(74)63(73)62-58(51-21-14-9-15-22-51)42-48(4)70(62)44-49-17-10-7-11-18-49)72(37-35-66(5)36-38-72)59-24-16-23-52-43-53(25-30-56(52)59)61-57(41-47(3)67(61)6)50-19-12-8-13-20-50/h7-30,39-43H,31-38,44H2,1-6H3/q+1. The van der Waals surface area contributed by atoms with Crippen molar-refractivity contribution in [3.63, 3.8) is 0 Å². The van der Waals surface area contributed by atoms with Crippen LogP contribution in [0.5, 0.6) is 0 Å².